The summed E-state index contributed by atoms with van der Waals surface area (Å²) in [6.45, 7) is 4.90. The molecule has 0 aliphatic heterocycles. The molecule has 0 radical (unpaired) electrons. The van der Waals surface area contributed by atoms with Crippen LogP contribution in [-0.2, 0) is 5.60 Å². The molecule has 1 aromatic heterocycles. The monoisotopic (exact) mass is 349 g/mol. The fourth-order valence-electron chi connectivity index (χ4n) is 2.92. The summed E-state index contributed by atoms with van der Waals surface area (Å²) in [6, 6.07) is 11.7. The Morgan fingerprint density at radius 1 is 1.30 bits per heavy atom. The molecule has 0 aliphatic carbocycles. The number of thiophene rings is 1. The van der Waals surface area contributed by atoms with Gasteiger partial charge >= 0.3 is 0 Å². The smallest absolute Gasteiger partial charge is 0.124 e. The number of aliphatic hydroxyl groups is 1. The number of benzene rings is 1. The van der Waals surface area contributed by atoms with Gasteiger partial charge in [0.2, 0.25) is 0 Å². The van der Waals surface area contributed by atoms with Crippen LogP contribution in [0.5, 0.6) is 0 Å². The van der Waals surface area contributed by atoms with Gasteiger partial charge in [0.15, 0.2) is 0 Å². The molecule has 0 saturated carbocycles. The van der Waals surface area contributed by atoms with E-state index in [1.807, 2.05) is 68.9 Å². The Hall–Kier alpha value is -1.13. The summed E-state index contributed by atoms with van der Waals surface area (Å²) in [5.74, 6) is 0.0692. The van der Waals surface area contributed by atoms with Gasteiger partial charge in [0.25, 0.3) is 0 Å². The molecule has 2 unspecified atom stereocenters. The Bertz CT molecular complexity index is 649. The van der Waals surface area contributed by atoms with Crippen LogP contribution < -0.4 is 0 Å². The molecule has 1 aromatic carbocycles. The zero-order valence-corrected chi connectivity index (χ0v) is 15.7. The van der Waals surface area contributed by atoms with Crippen molar-refractivity contribution in [2.75, 3.05) is 20.6 Å². The topological polar surface area (TPSA) is 23.5 Å². The number of hydrogen-bond donors (Lipinski definition) is 1. The first-order chi connectivity index (χ1) is 10.8. The zero-order chi connectivity index (χ0) is 17.0. The molecule has 4 heteroatoms. The van der Waals surface area contributed by atoms with E-state index in [-0.39, 0.29) is 5.92 Å². The summed E-state index contributed by atoms with van der Waals surface area (Å²) >= 11 is 7.55. The van der Waals surface area contributed by atoms with Gasteiger partial charge in [-0.2, -0.15) is 0 Å². The molecule has 124 valence electrons. The lowest BCUT2D eigenvalue weighted by molar-refractivity contribution is 0.0138. The average Bonchev–Trinajstić information content (AvgIpc) is 3.02. The predicted molar refractivity (Wildman–Crippen MR) is 101 cm³/mol. The van der Waals surface area contributed by atoms with Crippen molar-refractivity contribution in [3.05, 3.63) is 62.8 Å². The van der Waals surface area contributed by atoms with Crippen molar-refractivity contribution in [2.24, 2.45) is 5.92 Å². The van der Waals surface area contributed by atoms with Gasteiger partial charge in [-0.3, -0.25) is 0 Å². The Morgan fingerprint density at radius 3 is 2.48 bits per heavy atom. The fraction of sp³-hybridized carbons (Fsp3) is 0.368. The van der Waals surface area contributed by atoms with Crippen LogP contribution in [-0.4, -0.2) is 30.6 Å². The lowest BCUT2D eigenvalue weighted by Crippen LogP contribution is -2.39. The number of nitrogens with zero attached hydrogens (tertiary/aromatic N) is 1. The molecule has 2 rings (SSSR count). The summed E-state index contributed by atoms with van der Waals surface area (Å²) in [7, 11) is 4.06. The zero-order valence-electron chi connectivity index (χ0n) is 14.1. The minimum Gasteiger partial charge on any atom is -0.380 e. The first-order valence-electron chi connectivity index (χ1n) is 7.69. The summed E-state index contributed by atoms with van der Waals surface area (Å²) in [4.78, 5) is 3.09. The van der Waals surface area contributed by atoms with Crippen LogP contribution in [0.3, 0.4) is 0 Å². The van der Waals surface area contributed by atoms with Crippen molar-refractivity contribution in [3.63, 3.8) is 0 Å². The number of hydrogen-bond acceptors (Lipinski definition) is 3. The highest BCUT2D eigenvalue weighted by Gasteiger charge is 2.38. The SMILES string of the molecule is CC(=Cc1ccc(Cl)cc1)C(O)(c1cccs1)C(C)CN(C)C. The van der Waals surface area contributed by atoms with Crippen molar-refractivity contribution >= 4 is 29.0 Å². The summed E-state index contributed by atoms with van der Waals surface area (Å²) < 4.78 is 0. The lowest BCUT2D eigenvalue weighted by Gasteiger charge is -2.36. The van der Waals surface area contributed by atoms with Crippen LogP contribution in [0.15, 0.2) is 47.4 Å². The summed E-state index contributed by atoms with van der Waals surface area (Å²) in [6.07, 6.45) is 2.04. The third kappa shape index (κ3) is 4.24. The largest absolute Gasteiger partial charge is 0.380 e. The van der Waals surface area contributed by atoms with Gasteiger partial charge in [-0.15, -0.1) is 11.3 Å². The lowest BCUT2D eigenvalue weighted by atomic mass is 9.80. The molecule has 0 saturated heterocycles. The van der Waals surface area contributed by atoms with Gasteiger partial charge in [-0.1, -0.05) is 42.8 Å². The molecule has 0 spiro atoms. The van der Waals surface area contributed by atoms with Gasteiger partial charge in [0.05, 0.1) is 0 Å². The molecule has 0 amide bonds. The maximum absolute atomic E-state index is 11.6. The van der Waals surface area contributed by atoms with E-state index in [2.05, 4.69) is 11.8 Å². The molecule has 0 fully saturated rings. The Kier molecular flexibility index (Phi) is 6.04. The van der Waals surface area contributed by atoms with E-state index in [0.717, 1.165) is 22.6 Å². The highest BCUT2D eigenvalue weighted by atomic mass is 35.5. The van der Waals surface area contributed by atoms with Gasteiger partial charge in [0, 0.05) is 22.4 Å². The molecule has 2 aromatic rings. The van der Waals surface area contributed by atoms with Gasteiger partial charge in [0.1, 0.15) is 5.60 Å². The van der Waals surface area contributed by atoms with Crippen molar-refractivity contribution in [1.29, 1.82) is 0 Å². The molecule has 23 heavy (non-hydrogen) atoms. The number of rotatable bonds is 6. The molecule has 2 atom stereocenters. The van der Waals surface area contributed by atoms with E-state index in [1.54, 1.807) is 11.3 Å². The van der Waals surface area contributed by atoms with E-state index in [9.17, 15) is 5.11 Å². The van der Waals surface area contributed by atoms with Crippen LogP contribution in [0.1, 0.15) is 24.3 Å². The van der Waals surface area contributed by atoms with Crippen LogP contribution in [0.2, 0.25) is 5.02 Å². The molecule has 2 nitrogen and oxygen atoms in total. The maximum atomic E-state index is 11.6. The first-order valence-corrected chi connectivity index (χ1v) is 8.95. The van der Waals surface area contributed by atoms with E-state index >= 15 is 0 Å². The maximum Gasteiger partial charge on any atom is 0.124 e. The highest BCUT2D eigenvalue weighted by molar-refractivity contribution is 7.10. The minimum atomic E-state index is -0.974. The normalized spacial score (nSPS) is 16.4. The van der Waals surface area contributed by atoms with E-state index in [0.29, 0.717) is 5.02 Å². The van der Waals surface area contributed by atoms with E-state index < -0.39 is 5.60 Å². The van der Waals surface area contributed by atoms with Gasteiger partial charge in [-0.25, -0.2) is 0 Å². The van der Waals surface area contributed by atoms with Crippen molar-refractivity contribution in [3.8, 4) is 0 Å². The van der Waals surface area contributed by atoms with Crippen LogP contribution >= 0.6 is 22.9 Å². The van der Waals surface area contributed by atoms with Crippen molar-refractivity contribution in [1.82, 2.24) is 4.90 Å². The molecular formula is C19H24ClNOS. The summed E-state index contributed by atoms with van der Waals surface area (Å²) in [5.41, 5.74) is 1.01. The average molecular weight is 350 g/mol. The second-order valence-corrected chi connectivity index (χ2v) is 7.67. The standard InChI is InChI=1S/C19H24ClNOS/c1-14(12-16-7-9-17(20)10-8-16)19(22,15(2)13-21(3)4)18-6-5-11-23-18/h5-12,15,22H,13H2,1-4H3. The van der Waals surface area contributed by atoms with Gasteiger partial charge in [-0.05, 0) is 55.7 Å². The highest BCUT2D eigenvalue weighted by Crippen LogP contribution is 2.40. The predicted octanol–water partition coefficient (Wildman–Crippen LogP) is 4.89. The Morgan fingerprint density at radius 2 is 1.96 bits per heavy atom. The van der Waals surface area contributed by atoms with Crippen LogP contribution in [0.25, 0.3) is 6.08 Å². The van der Waals surface area contributed by atoms with Crippen LogP contribution in [0, 0.1) is 5.92 Å². The summed E-state index contributed by atoms with van der Waals surface area (Å²) in [5, 5.41) is 14.3. The third-order valence-electron chi connectivity index (χ3n) is 4.10. The minimum absolute atomic E-state index is 0.0692. The molecule has 0 aliphatic rings. The Labute approximate surface area is 148 Å². The van der Waals surface area contributed by atoms with E-state index in [1.165, 1.54) is 0 Å². The second-order valence-electron chi connectivity index (χ2n) is 6.29. The van der Waals surface area contributed by atoms with Crippen molar-refractivity contribution in [2.45, 2.75) is 19.4 Å². The number of halogens is 1. The second kappa shape index (κ2) is 7.63. The first kappa shape index (κ1) is 18.2. The quantitative estimate of drug-likeness (QED) is 0.802. The molecule has 1 N–H and O–H groups in total. The molecular weight excluding hydrogens is 326 g/mol. The van der Waals surface area contributed by atoms with Crippen molar-refractivity contribution < 1.29 is 5.11 Å². The molecule has 0 bridgehead atoms. The van der Waals surface area contributed by atoms with E-state index in [4.69, 9.17) is 11.6 Å². The third-order valence-corrected chi connectivity index (χ3v) is 5.35. The fourth-order valence-corrected chi connectivity index (χ4v) is 4.05. The van der Waals surface area contributed by atoms with Crippen LogP contribution in [0.4, 0.5) is 0 Å². The van der Waals surface area contributed by atoms with Gasteiger partial charge < -0.3 is 10.0 Å². The molecule has 1 heterocycles. The Balaban J connectivity index is 2.42.